The summed E-state index contributed by atoms with van der Waals surface area (Å²) < 4.78 is 0. The maximum atomic E-state index is 4.70. The molecule has 0 aliphatic rings. The molecule has 4 rings (SSSR count). The van der Waals surface area contributed by atoms with E-state index in [1.807, 2.05) is 101 Å². The van der Waals surface area contributed by atoms with Crippen molar-refractivity contribution in [1.82, 2.24) is 15.0 Å². The van der Waals surface area contributed by atoms with E-state index in [9.17, 15) is 0 Å². The number of para-hydroxylation sites is 2. The Bertz CT molecular complexity index is 849. The smallest absolute Gasteiger partial charge is 0.340 e. The maximum absolute atomic E-state index is 4.70. The van der Waals surface area contributed by atoms with Gasteiger partial charge in [-0.2, -0.15) is 0 Å². The van der Waals surface area contributed by atoms with Crippen LogP contribution in [0.3, 0.4) is 0 Å². The lowest BCUT2D eigenvalue weighted by atomic mass is 10.2. The van der Waals surface area contributed by atoms with Crippen molar-refractivity contribution < 1.29 is 21.8 Å². The van der Waals surface area contributed by atoms with Gasteiger partial charge in [0.1, 0.15) is 5.69 Å². The van der Waals surface area contributed by atoms with Gasteiger partial charge < -0.3 is 17.0 Å². The molecule has 0 spiro atoms. The van der Waals surface area contributed by atoms with Gasteiger partial charge in [-0.25, -0.2) is 0 Å². The van der Waals surface area contributed by atoms with E-state index in [1.54, 1.807) is 0 Å². The van der Waals surface area contributed by atoms with Crippen LogP contribution in [0.15, 0.2) is 91.0 Å². The second-order valence-corrected chi connectivity index (χ2v) is 5.14. The van der Waals surface area contributed by atoms with Crippen molar-refractivity contribution in [2.75, 3.05) is 0 Å². The molecule has 4 nitrogen and oxygen atoms in total. The summed E-state index contributed by atoms with van der Waals surface area (Å²) in [5, 5.41) is 9.39. The van der Waals surface area contributed by atoms with Gasteiger partial charge in [-0.3, -0.25) is 0 Å². The zero-order chi connectivity index (χ0) is 15.5. The molecule has 4 aromatic rings. The molecule has 0 atom stereocenters. The van der Waals surface area contributed by atoms with Gasteiger partial charge in [-0.05, 0) is 46.3 Å². The van der Waals surface area contributed by atoms with Crippen molar-refractivity contribution in [2.24, 2.45) is 0 Å². The summed E-state index contributed by atoms with van der Waals surface area (Å²) in [6.07, 6.45) is 0. The lowest BCUT2D eigenvalue weighted by Gasteiger charge is -1.98. The molecular formula is C19H15BrN4. The molecule has 0 fully saturated rings. The summed E-state index contributed by atoms with van der Waals surface area (Å²) in [5.74, 6) is 0.693. The first kappa shape index (κ1) is 16.1. The molecule has 1 heterocycles. The van der Waals surface area contributed by atoms with Crippen LogP contribution in [-0.2, 0) is 0 Å². The Morgan fingerprint density at radius 1 is 0.667 bits per heavy atom. The first-order chi connectivity index (χ1) is 11.4. The van der Waals surface area contributed by atoms with E-state index >= 15 is 0 Å². The quantitative estimate of drug-likeness (QED) is 0.478. The van der Waals surface area contributed by atoms with Crippen LogP contribution in [0, 0.1) is 0 Å². The number of hydrogen-bond donors (Lipinski definition) is 0. The summed E-state index contributed by atoms with van der Waals surface area (Å²) >= 11 is 0. The van der Waals surface area contributed by atoms with Gasteiger partial charge in [0.2, 0.25) is 0 Å². The third-order valence-corrected chi connectivity index (χ3v) is 3.56. The van der Waals surface area contributed by atoms with Gasteiger partial charge in [-0.1, -0.05) is 54.6 Å². The van der Waals surface area contributed by atoms with E-state index in [2.05, 4.69) is 0 Å². The normalized spacial score (nSPS) is 10.2. The molecule has 0 radical (unpaired) electrons. The van der Waals surface area contributed by atoms with E-state index in [4.69, 9.17) is 10.2 Å². The fourth-order valence-corrected chi connectivity index (χ4v) is 2.44. The fourth-order valence-electron chi connectivity index (χ4n) is 2.44. The molecule has 0 aliphatic heterocycles. The highest BCUT2D eigenvalue weighted by atomic mass is 79.9. The van der Waals surface area contributed by atoms with Gasteiger partial charge in [-0.15, -0.1) is 0 Å². The summed E-state index contributed by atoms with van der Waals surface area (Å²) in [5.41, 5.74) is 2.92. The molecule has 0 N–H and O–H groups in total. The second kappa shape index (κ2) is 7.19. The maximum Gasteiger partial charge on any atom is 0.340 e. The molecule has 118 valence electrons. The summed E-state index contributed by atoms with van der Waals surface area (Å²) in [6.45, 7) is 0. The number of rotatable bonds is 3. The minimum atomic E-state index is 0. The number of halogens is 1. The van der Waals surface area contributed by atoms with Crippen molar-refractivity contribution in [1.29, 1.82) is 0 Å². The van der Waals surface area contributed by atoms with Gasteiger partial charge in [0.05, 0.1) is 10.7 Å². The van der Waals surface area contributed by atoms with Gasteiger partial charge >= 0.3 is 5.82 Å². The van der Waals surface area contributed by atoms with E-state index in [0.29, 0.717) is 5.82 Å². The van der Waals surface area contributed by atoms with Crippen molar-refractivity contribution in [3.05, 3.63) is 91.0 Å². The predicted molar refractivity (Wildman–Crippen MR) is 88.3 cm³/mol. The standard InChI is InChI=1S/C19H15N4.BrH/c1-4-10-16(11-5-1)19-20-22(17-12-6-2-7-13-17)23(21-19)18-14-8-3-9-15-18;/h1-15H;1H/q+1;/p-1. The Hall–Kier alpha value is -2.79. The minimum Gasteiger partial charge on any atom is -1.00 e. The van der Waals surface area contributed by atoms with Crippen LogP contribution in [-0.4, -0.2) is 15.0 Å². The Labute approximate surface area is 150 Å². The van der Waals surface area contributed by atoms with E-state index in [-0.39, 0.29) is 17.0 Å². The average molecular weight is 379 g/mol. The predicted octanol–water partition coefficient (Wildman–Crippen LogP) is 0.215. The number of tetrazole rings is 1. The monoisotopic (exact) mass is 378 g/mol. The Balaban J connectivity index is 0.00000169. The van der Waals surface area contributed by atoms with Crippen molar-refractivity contribution in [3.8, 4) is 22.8 Å². The topological polar surface area (TPSA) is 34.6 Å². The number of benzene rings is 3. The third-order valence-electron chi connectivity index (χ3n) is 3.56. The van der Waals surface area contributed by atoms with Crippen LogP contribution in [0.5, 0.6) is 0 Å². The van der Waals surface area contributed by atoms with E-state index in [1.165, 1.54) is 0 Å². The molecule has 0 unspecified atom stereocenters. The highest BCUT2D eigenvalue weighted by Gasteiger charge is 2.22. The lowest BCUT2D eigenvalue weighted by Crippen LogP contribution is -3.00. The van der Waals surface area contributed by atoms with Crippen molar-refractivity contribution >= 4 is 0 Å². The minimum absolute atomic E-state index is 0. The molecule has 0 bridgehead atoms. The summed E-state index contributed by atoms with van der Waals surface area (Å²) in [4.78, 5) is 3.63. The van der Waals surface area contributed by atoms with E-state index in [0.717, 1.165) is 16.9 Å². The van der Waals surface area contributed by atoms with Gasteiger partial charge in [0.15, 0.2) is 5.69 Å². The average Bonchev–Trinajstić information content (AvgIpc) is 3.09. The van der Waals surface area contributed by atoms with Crippen molar-refractivity contribution in [3.63, 3.8) is 0 Å². The fraction of sp³-hybridized carbons (Fsp3) is 0. The zero-order valence-electron chi connectivity index (χ0n) is 12.8. The van der Waals surface area contributed by atoms with Crippen LogP contribution in [0.4, 0.5) is 0 Å². The van der Waals surface area contributed by atoms with Gasteiger partial charge in [0, 0.05) is 4.80 Å². The molecule has 0 saturated heterocycles. The Morgan fingerprint density at radius 3 is 1.83 bits per heavy atom. The second-order valence-electron chi connectivity index (χ2n) is 5.14. The summed E-state index contributed by atoms with van der Waals surface area (Å²) in [7, 11) is 0. The third kappa shape index (κ3) is 3.12. The van der Waals surface area contributed by atoms with Crippen LogP contribution in [0.1, 0.15) is 0 Å². The lowest BCUT2D eigenvalue weighted by molar-refractivity contribution is -0.734. The zero-order valence-corrected chi connectivity index (χ0v) is 14.4. The first-order valence-electron chi connectivity index (χ1n) is 7.48. The molecule has 5 heteroatoms. The highest BCUT2D eigenvalue weighted by Crippen LogP contribution is 2.14. The van der Waals surface area contributed by atoms with Crippen LogP contribution in [0.25, 0.3) is 22.8 Å². The molecule has 0 aliphatic carbocycles. The number of hydrogen-bond acceptors (Lipinski definition) is 2. The van der Waals surface area contributed by atoms with Crippen molar-refractivity contribution in [2.45, 2.75) is 0 Å². The van der Waals surface area contributed by atoms with Crippen LogP contribution >= 0.6 is 0 Å². The first-order valence-corrected chi connectivity index (χ1v) is 7.48. The molecule has 1 aromatic heterocycles. The largest absolute Gasteiger partial charge is 1.00 e. The molecule has 0 saturated carbocycles. The van der Waals surface area contributed by atoms with Gasteiger partial charge in [0.25, 0.3) is 0 Å². The van der Waals surface area contributed by atoms with Crippen LogP contribution < -0.4 is 21.8 Å². The number of nitrogens with zero attached hydrogens (tertiary/aromatic N) is 4. The number of aromatic nitrogens is 4. The highest BCUT2D eigenvalue weighted by molar-refractivity contribution is 5.53. The Kier molecular flexibility index (Phi) is 4.82. The van der Waals surface area contributed by atoms with Crippen LogP contribution in [0.2, 0.25) is 0 Å². The molecule has 3 aromatic carbocycles. The molecule has 0 amide bonds. The van der Waals surface area contributed by atoms with E-state index < -0.39 is 0 Å². The SMILES string of the molecule is [Br-].c1ccc(-c2nn(-c3ccccc3)[n+](-c3ccccc3)n2)cc1. The summed E-state index contributed by atoms with van der Waals surface area (Å²) in [6, 6.07) is 30.0. The molecule has 24 heavy (non-hydrogen) atoms. The molecular weight excluding hydrogens is 364 g/mol. The Morgan fingerprint density at radius 2 is 1.21 bits per heavy atom.